The molecule has 0 spiro atoms. The maximum Gasteiger partial charge on any atom is 0.358 e. The molecule has 1 aliphatic rings. The Labute approximate surface area is 89.2 Å². The first-order chi connectivity index (χ1) is 7.16. The fourth-order valence-corrected chi connectivity index (χ4v) is 2.07. The largest absolute Gasteiger partial charge is 0.476 e. The maximum atomic E-state index is 11.2. The van der Waals surface area contributed by atoms with E-state index < -0.39 is 5.97 Å². The third-order valence-corrected chi connectivity index (χ3v) is 2.86. The van der Waals surface area contributed by atoms with Crippen LogP contribution in [0, 0.1) is 0 Å². The van der Waals surface area contributed by atoms with Gasteiger partial charge in [0.05, 0.1) is 6.54 Å². The molecule has 1 saturated heterocycles. The summed E-state index contributed by atoms with van der Waals surface area (Å²) in [5.74, 6) is 0.0223. The summed E-state index contributed by atoms with van der Waals surface area (Å²) in [4.78, 5) is 23.3. The summed E-state index contributed by atoms with van der Waals surface area (Å²) in [7, 11) is 0. The quantitative estimate of drug-likeness (QED) is 0.832. The summed E-state index contributed by atoms with van der Waals surface area (Å²) in [6, 6.07) is 1.33. The van der Waals surface area contributed by atoms with Crippen molar-refractivity contribution in [1.82, 2.24) is 10.1 Å². The number of thioether (sulfide) groups is 1. The molecule has 0 radical (unpaired) electrons. The van der Waals surface area contributed by atoms with Crippen LogP contribution in [0.5, 0.6) is 0 Å². The van der Waals surface area contributed by atoms with Crippen molar-refractivity contribution in [2.45, 2.75) is 6.54 Å². The molecule has 0 atom stereocenters. The molecule has 6 nitrogen and oxygen atoms in total. The van der Waals surface area contributed by atoms with E-state index in [1.807, 2.05) is 0 Å². The van der Waals surface area contributed by atoms with Crippen LogP contribution in [0.4, 0.5) is 4.79 Å². The number of carboxylic acids is 1. The fraction of sp³-hybridized carbons (Fsp3) is 0.375. The van der Waals surface area contributed by atoms with Gasteiger partial charge in [0.15, 0.2) is 11.5 Å². The lowest BCUT2D eigenvalue weighted by Gasteiger charge is -2.10. The van der Waals surface area contributed by atoms with Gasteiger partial charge in [-0.15, -0.1) is 0 Å². The van der Waals surface area contributed by atoms with Crippen LogP contribution in [-0.4, -0.2) is 38.7 Å². The van der Waals surface area contributed by atoms with Gasteiger partial charge in [0.25, 0.3) is 5.24 Å². The second kappa shape index (κ2) is 3.93. The zero-order chi connectivity index (χ0) is 10.8. The predicted molar refractivity (Wildman–Crippen MR) is 51.7 cm³/mol. The van der Waals surface area contributed by atoms with Crippen LogP contribution >= 0.6 is 11.8 Å². The van der Waals surface area contributed by atoms with Gasteiger partial charge < -0.3 is 14.5 Å². The number of carbonyl (C=O) groups excluding carboxylic acids is 1. The molecule has 2 heterocycles. The average Bonchev–Trinajstić information content (AvgIpc) is 2.77. The first kappa shape index (κ1) is 10.0. The summed E-state index contributed by atoms with van der Waals surface area (Å²) in [5.41, 5.74) is -0.135. The molecule has 0 saturated carbocycles. The second-order valence-corrected chi connectivity index (χ2v) is 4.07. The zero-order valence-electron chi connectivity index (χ0n) is 7.67. The van der Waals surface area contributed by atoms with Gasteiger partial charge in [-0.1, -0.05) is 16.9 Å². The van der Waals surface area contributed by atoms with E-state index in [-0.39, 0.29) is 17.5 Å². The minimum absolute atomic E-state index is 0.0109. The van der Waals surface area contributed by atoms with Crippen molar-refractivity contribution in [3.63, 3.8) is 0 Å². The van der Waals surface area contributed by atoms with Crippen molar-refractivity contribution in [3.05, 3.63) is 17.5 Å². The maximum absolute atomic E-state index is 11.2. The number of hydrogen-bond donors (Lipinski definition) is 1. The van der Waals surface area contributed by atoms with Crippen LogP contribution in [-0.2, 0) is 6.54 Å². The first-order valence-corrected chi connectivity index (χ1v) is 5.26. The summed E-state index contributed by atoms with van der Waals surface area (Å²) in [6.07, 6.45) is 0. The number of amides is 1. The summed E-state index contributed by atoms with van der Waals surface area (Å²) in [5, 5.41) is 12.0. The molecule has 1 fully saturated rings. The molecule has 1 N–H and O–H groups in total. The molecule has 1 amide bonds. The number of nitrogens with zero attached hydrogens (tertiary/aromatic N) is 2. The van der Waals surface area contributed by atoms with Crippen molar-refractivity contribution >= 4 is 23.0 Å². The lowest BCUT2D eigenvalue weighted by atomic mass is 10.3. The van der Waals surface area contributed by atoms with E-state index in [2.05, 4.69) is 5.16 Å². The van der Waals surface area contributed by atoms with Gasteiger partial charge in [-0.25, -0.2) is 4.79 Å². The molecule has 2 rings (SSSR count). The van der Waals surface area contributed by atoms with Gasteiger partial charge in [-0.2, -0.15) is 0 Å². The minimum Gasteiger partial charge on any atom is -0.476 e. The average molecular weight is 228 g/mol. The third-order valence-electron chi connectivity index (χ3n) is 1.97. The molecule has 7 heteroatoms. The molecular formula is C8H8N2O4S. The van der Waals surface area contributed by atoms with E-state index >= 15 is 0 Å². The third kappa shape index (κ3) is 2.12. The van der Waals surface area contributed by atoms with E-state index in [0.29, 0.717) is 12.3 Å². The van der Waals surface area contributed by atoms with Gasteiger partial charge in [0, 0.05) is 18.4 Å². The Balaban J connectivity index is 2.04. The molecule has 0 aromatic carbocycles. The molecule has 0 unspecified atom stereocenters. The topological polar surface area (TPSA) is 83.6 Å². The Hall–Kier alpha value is -1.50. The van der Waals surface area contributed by atoms with Crippen molar-refractivity contribution < 1.29 is 19.2 Å². The second-order valence-electron chi connectivity index (χ2n) is 3.02. The van der Waals surface area contributed by atoms with Crippen molar-refractivity contribution in [1.29, 1.82) is 0 Å². The van der Waals surface area contributed by atoms with Gasteiger partial charge >= 0.3 is 5.97 Å². The van der Waals surface area contributed by atoms with Crippen LogP contribution < -0.4 is 0 Å². The van der Waals surface area contributed by atoms with E-state index in [9.17, 15) is 9.59 Å². The highest BCUT2D eigenvalue weighted by Crippen LogP contribution is 2.19. The lowest BCUT2D eigenvalue weighted by Crippen LogP contribution is -2.22. The van der Waals surface area contributed by atoms with Crippen molar-refractivity contribution in [2.75, 3.05) is 12.3 Å². The minimum atomic E-state index is -1.13. The van der Waals surface area contributed by atoms with Gasteiger partial charge in [-0.05, 0) is 0 Å². The molecule has 80 valence electrons. The highest BCUT2D eigenvalue weighted by molar-refractivity contribution is 8.13. The SMILES string of the molecule is O=C(O)c1cc(CN2CCSC2=O)on1. The Morgan fingerprint density at radius 3 is 3.07 bits per heavy atom. The number of hydrogen-bond acceptors (Lipinski definition) is 5. The molecule has 1 aromatic rings. The number of rotatable bonds is 3. The fourth-order valence-electron chi connectivity index (χ4n) is 1.25. The summed E-state index contributed by atoms with van der Waals surface area (Å²) >= 11 is 1.25. The van der Waals surface area contributed by atoms with Crippen molar-refractivity contribution in [3.8, 4) is 0 Å². The number of aromatic carboxylic acids is 1. The Bertz CT molecular complexity index is 403. The number of carboxylic acid groups (broad SMARTS) is 1. The number of carbonyl (C=O) groups is 2. The zero-order valence-corrected chi connectivity index (χ0v) is 8.49. The molecule has 1 aliphatic heterocycles. The van der Waals surface area contributed by atoms with E-state index in [4.69, 9.17) is 9.63 Å². The predicted octanol–water partition coefficient (Wildman–Crippen LogP) is 1.04. The van der Waals surface area contributed by atoms with E-state index in [0.717, 1.165) is 5.75 Å². The van der Waals surface area contributed by atoms with E-state index in [1.165, 1.54) is 17.8 Å². The Kier molecular flexibility index (Phi) is 2.63. The molecule has 1 aromatic heterocycles. The van der Waals surface area contributed by atoms with Crippen molar-refractivity contribution in [2.24, 2.45) is 0 Å². The lowest BCUT2D eigenvalue weighted by molar-refractivity contribution is 0.0685. The molecular weight excluding hydrogens is 220 g/mol. The molecule has 15 heavy (non-hydrogen) atoms. The highest BCUT2D eigenvalue weighted by Gasteiger charge is 2.23. The normalized spacial score (nSPS) is 16.0. The smallest absolute Gasteiger partial charge is 0.358 e. The highest BCUT2D eigenvalue weighted by atomic mass is 32.2. The first-order valence-electron chi connectivity index (χ1n) is 4.27. The van der Waals surface area contributed by atoms with Crippen LogP contribution in [0.25, 0.3) is 0 Å². The van der Waals surface area contributed by atoms with Crippen LogP contribution in [0.2, 0.25) is 0 Å². The summed E-state index contributed by atoms with van der Waals surface area (Å²) < 4.78 is 4.80. The molecule has 0 bridgehead atoms. The Morgan fingerprint density at radius 1 is 1.73 bits per heavy atom. The standard InChI is InChI=1S/C8H8N2O4S/c11-7(12)6-3-5(14-9-6)4-10-1-2-15-8(10)13/h3H,1-2,4H2,(H,11,12). The van der Waals surface area contributed by atoms with Crippen LogP contribution in [0.1, 0.15) is 16.2 Å². The monoisotopic (exact) mass is 228 g/mol. The van der Waals surface area contributed by atoms with Gasteiger partial charge in [-0.3, -0.25) is 4.79 Å². The number of aromatic nitrogens is 1. The van der Waals surface area contributed by atoms with Crippen LogP contribution in [0.3, 0.4) is 0 Å². The van der Waals surface area contributed by atoms with Gasteiger partial charge in [0.2, 0.25) is 0 Å². The molecule has 0 aliphatic carbocycles. The Morgan fingerprint density at radius 2 is 2.53 bits per heavy atom. The summed E-state index contributed by atoms with van der Waals surface area (Å²) in [6.45, 7) is 0.943. The van der Waals surface area contributed by atoms with Crippen LogP contribution in [0.15, 0.2) is 10.6 Å². The van der Waals surface area contributed by atoms with E-state index in [1.54, 1.807) is 4.90 Å². The van der Waals surface area contributed by atoms with Gasteiger partial charge in [0.1, 0.15) is 0 Å².